The quantitative estimate of drug-likeness (QED) is 0.404. The molecule has 1 fully saturated rings. The van der Waals surface area contributed by atoms with Crippen molar-refractivity contribution in [1.82, 2.24) is 0 Å². The second kappa shape index (κ2) is 10.0. The molecule has 0 amide bonds. The van der Waals surface area contributed by atoms with Crippen molar-refractivity contribution in [3.8, 4) is 0 Å². The summed E-state index contributed by atoms with van der Waals surface area (Å²) in [5.41, 5.74) is 8.30. The third-order valence-electron chi connectivity index (χ3n) is 5.97. The molecule has 1 aliphatic carbocycles. The number of halogens is 2. The Labute approximate surface area is 185 Å². The lowest BCUT2D eigenvalue weighted by atomic mass is 9.85. The third-order valence-corrected chi connectivity index (χ3v) is 6.47. The molecular formula is C26H30Cl2O. The van der Waals surface area contributed by atoms with Crippen LogP contribution < -0.4 is 0 Å². The van der Waals surface area contributed by atoms with Crippen molar-refractivity contribution in [2.24, 2.45) is 5.92 Å². The van der Waals surface area contributed by atoms with Gasteiger partial charge in [0.05, 0.1) is 12.0 Å². The average Bonchev–Trinajstić information content (AvgIpc) is 3.38. The van der Waals surface area contributed by atoms with Crippen LogP contribution in [0.2, 0.25) is 10.0 Å². The van der Waals surface area contributed by atoms with Gasteiger partial charge in [-0.25, -0.2) is 0 Å². The van der Waals surface area contributed by atoms with Gasteiger partial charge in [0.1, 0.15) is 0 Å². The van der Waals surface area contributed by atoms with Crippen LogP contribution in [-0.2, 0) is 5.41 Å². The second-order valence-corrected chi connectivity index (χ2v) is 8.78. The molecule has 0 heterocycles. The average molecular weight is 429 g/mol. The topological polar surface area (TPSA) is 20.2 Å². The van der Waals surface area contributed by atoms with Gasteiger partial charge in [-0.2, -0.15) is 0 Å². The van der Waals surface area contributed by atoms with Crippen molar-refractivity contribution in [3.05, 3.63) is 86.6 Å². The predicted molar refractivity (Wildman–Crippen MR) is 124 cm³/mol. The molecule has 29 heavy (non-hydrogen) atoms. The number of aliphatic hydroxyl groups excluding tert-OH is 1. The number of aliphatic hydroxyl groups is 1. The highest BCUT2D eigenvalue weighted by atomic mass is 35.5. The predicted octanol–water partition coefficient (Wildman–Crippen LogP) is 7.73. The summed E-state index contributed by atoms with van der Waals surface area (Å²) in [6.07, 6.45) is 6.87. The summed E-state index contributed by atoms with van der Waals surface area (Å²) in [5.74, 6) is 0.0307. The van der Waals surface area contributed by atoms with Crippen LogP contribution in [0.4, 0.5) is 0 Å². The van der Waals surface area contributed by atoms with Crippen LogP contribution in [0.3, 0.4) is 0 Å². The summed E-state index contributed by atoms with van der Waals surface area (Å²) in [7, 11) is 0. The molecule has 154 valence electrons. The van der Waals surface area contributed by atoms with Gasteiger partial charge in [0.15, 0.2) is 0 Å². The zero-order chi connectivity index (χ0) is 20.9. The molecule has 0 radical (unpaired) electrons. The number of hydrogen-bond acceptors (Lipinski definition) is 1. The van der Waals surface area contributed by atoms with Gasteiger partial charge in [0, 0.05) is 16.0 Å². The Morgan fingerprint density at radius 2 is 1.31 bits per heavy atom. The van der Waals surface area contributed by atoms with Gasteiger partial charge < -0.3 is 5.11 Å². The minimum atomic E-state index is -0.354. The molecule has 1 saturated carbocycles. The fourth-order valence-corrected chi connectivity index (χ4v) is 4.58. The summed E-state index contributed by atoms with van der Waals surface area (Å²) >= 11 is 12.3. The first-order valence-electron chi connectivity index (χ1n) is 10.7. The maximum atomic E-state index is 10.3. The summed E-state index contributed by atoms with van der Waals surface area (Å²) in [6.45, 7) is 4.55. The van der Waals surface area contributed by atoms with Gasteiger partial charge in [0.25, 0.3) is 0 Å². The molecule has 0 saturated heterocycles. The van der Waals surface area contributed by atoms with Gasteiger partial charge in [0.2, 0.25) is 0 Å². The first-order chi connectivity index (χ1) is 14.1. The van der Waals surface area contributed by atoms with Crippen LogP contribution in [0.25, 0.3) is 0 Å². The van der Waals surface area contributed by atoms with E-state index < -0.39 is 0 Å². The van der Waals surface area contributed by atoms with Gasteiger partial charge in [-0.1, -0.05) is 74.2 Å². The van der Waals surface area contributed by atoms with Crippen LogP contribution in [0.5, 0.6) is 0 Å². The first-order valence-corrected chi connectivity index (χ1v) is 11.4. The van der Waals surface area contributed by atoms with Gasteiger partial charge in [-0.15, -0.1) is 5.73 Å². The van der Waals surface area contributed by atoms with E-state index in [1.54, 1.807) is 0 Å². The Morgan fingerprint density at radius 3 is 1.69 bits per heavy atom. The summed E-state index contributed by atoms with van der Waals surface area (Å²) in [5, 5.41) is 11.7. The Balaban J connectivity index is 2.17. The highest BCUT2D eigenvalue weighted by Gasteiger charge is 2.61. The van der Waals surface area contributed by atoms with Crippen molar-refractivity contribution in [2.45, 2.75) is 57.8 Å². The molecule has 0 spiro atoms. The number of hydrogen-bond donors (Lipinski definition) is 1. The van der Waals surface area contributed by atoms with Crippen LogP contribution in [0.15, 0.2) is 65.4 Å². The lowest BCUT2D eigenvalue weighted by Gasteiger charge is -2.18. The van der Waals surface area contributed by atoms with E-state index in [9.17, 15) is 5.11 Å². The molecule has 0 bridgehead atoms. The minimum absolute atomic E-state index is 0.0307. The van der Waals surface area contributed by atoms with Gasteiger partial charge in [-0.3, -0.25) is 0 Å². The van der Waals surface area contributed by atoms with E-state index >= 15 is 0 Å². The Kier molecular flexibility index (Phi) is 7.66. The van der Waals surface area contributed by atoms with E-state index in [0.717, 1.165) is 24.0 Å². The molecule has 1 N–H and O–H groups in total. The smallest absolute Gasteiger partial charge is 0.0583 e. The standard InChI is InChI=1S/C26H30Cl2O/c1-3-5-7-19(8-6-4-2)17-24-25(18-29)26(24,20-9-13-22(27)14-10-20)21-11-15-23(28)16-12-21/h9-16,25,29H,3-8,18H2,1-2H3. The molecule has 3 rings (SSSR count). The van der Waals surface area contributed by atoms with Crippen molar-refractivity contribution < 1.29 is 5.11 Å². The fraction of sp³-hybridized carbons (Fsp3) is 0.423. The Morgan fingerprint density at radius 1 is 0.862 bits per heavy atom. The Hall–Kier alpha value is -1.50. The SMILES string of the molecule is CCCCC(=C=C1C(CO)C1(c1ccc(Cl)cc1)c1ccc(Cl)cc1)CCCC. The maximum Gasteiger partial charge on any atom is 0.0583 e. The molecule has 3 heteroatoms. The number of unbranched alkanes of at least 4 members (excludes halogenated alkanes) is 2. The van der Waals surface area contributed by atoms with Crippen LogP contribution in [-0.4, -0.2) is 11.7 Å². The second-order valence-electron chi connectivity index (χ2n) is 7.91. The first kappa shape index (κ1) is 22.2. The van der Waals surface area contributed by atoms with Crippen LogP contribution in [0, 0.1) is 5.92 Å². The van der Waals surface area contributed by atoms with E-state index in [0.29, 0.717) is 10.0 Å². The van der Waals surface area contributed by atoms with Crippen LogP contribution >= 0.6 is 23.2 Å². The van der Waals surface area contributed by atoms with E-state index in [-0.39, 0.29) is 17.9 Å². The molecule has 2 aromatic carbocycles. The van der Waals surface area contributed by atoms with E-state index in [2.05, 4.69) is 43.8 Å². The summed E-state index contributed by atoms with van der Waals surface area (Å²) in [4.78, 5) is 0. The zero-order valence-corrected chi connectivity index (χ0v) is 18.9. The summed E-state index contributed by atoms with van der Waals surface area (Å²) in [6, 6.07) is 16.0. The minimum Gasteiger partial charge on any atom is -0.396 e. The highest BCUT2D eigenvalue weighted by Crippen LogP contribution is 2.63. The molecule has 2 aromatic rings. The van der Waals surface area contributed by atoms with E-state index in [1.165, 1.54) is 36.8 Å². The lowest BCUT2D eigenvalue weighted by Crippen LogP contribution is -2.14. The van der Waals surface area contributed by atoms with Gasteiger partial charge in [-0.05, 0) is 72.2 Å². The molecule has 1 aliphatic rings. The fourth-order valence-electron chi connectivity index (χ4n) is 4.33. The Bertz CT molecular complexity index is 818. The van der Waals surface area contributed by atoms with Crippen molar-refractivity contribution in [2.75, 3.05) is 6.61 Å². The molecule has 1 unspecified atom stereocenters. The zero-order valence-electron chi connectivity index (χ0n) is 17.3. The molecule has 0 aliphatic heterocycles. The number of rotatable bonds is 9. The van der Waals surface area contributed by atoms with Crippen molar-refractivity contribution in [3.63, 3.8) is 0 Å². The third kappa shape index (κ3) is 4.65. The van der Waals surface area contributed by atoms with Crippen molar-refractivity contribution in [1.29, 1.82) is 0 Å². The molecule has 1 nitrogen and oxygen atoms in total. The van der Waals surface area contributed by atoms with E-state index in [4.69, 9.17) is 23.2 Å². The maximum absolute atomic E-state index is 10.3. The molecule has 0 aromatic heterocycles. The lowest BCUT2D eigenvalue weighted by molar-refractivity contribution is 0.270. The number of benzene rings is 2. The normalized spacial score (nSPS) is 17.1. The van der Waals surface area contributed by atoms with E-state index in [1.807, 2.05) is 24.3 Å². The molecular weight excluding hydrogens is 399 g/mol. The van der Waals surface area contributed by atoms with Gasteiger partial charge >= 0.3 is 0 Å². The van der Waals surface area contributed by atoms with Crippen molar-refractivity contribution >= 4 is 23.2 Å². The molecule has 1 atom stereocenters. The van der Waals surface area contributed by atoms with Crippen LogP contribution in [0.1, 0.15) is 63.5 Å². The summed E-state index contributed by atoms with van der Waals surface area (Å²) < 4.78 is 0. The monoisotopic (exact) mass is 428 g/mol. The largest absolute Gasteiger partial charge is 0.396 e. The highest BCUT2D eigenvalue weighted by molar-refractivity contribution is 6.30.